The van der Waals surface area contributed by atoms with Crippen LogP contribution in [0.4, 0.5) is 4.39 Å². The third-order valence-corrected chi connectivity index (χ3v) is 4.97. The maximum atomic E-state index is 13.3. The fraction of sp³-hybridized carbons (Fsp3) is 0.462. The largest absolute Gasteiger partial charge is 0.494 e. The molecule has 6 heteroatoms. The van der Waals surface area contributed by atoms with Gasteiger partial charge < -0.3 is 15.0 Å². The SMILES string of the molecule is CC[C@H](C(=O)NC(C)(C)C)N(Cc1ccc(F)cc1)C(=O)CCCOc1ccc(C)cc1. The van der Waals surface area contributed by atoms with Crippen molar-refractivity contribution in [2.75, 3.05) is 6.61 Å². The summed E-state index contributed by atoms with van der Waals surface area (Å²) in [5.74, 6) is 0.115. The van der Waals surface area contributed by atoms with Gasteiger partial charge in [0, 0.05) is 18.5 Å². The van der Waals surface area contributed by atoms with Gasteiger partial charge in [0.15, 0.2) is 0 Å². The fourth-order valence-corrected chi connectivity index (χ4v) is 3.35. The summed E-state index contributed by atoms with van der Waals surface area (Å²) in [4.78, 5) is 27.7. The number of hydrogen-bond donors (Lipinski definition) is 1. The number of benzene rings is 2. The van der Waals surface area contributed by atoms with Gasteiger partial charge in [0.05, 0.1) is 6.61 Å². The normalized spacial score (nSPS) is 12.2. The van der Waals surface area contributed by atoms with E-state index in [1.165, 1.54) is 12.1 Å². The van der Waals surface area contributed by atoms with Crippen molar-refractivity contribution in [1.29, 1.82) is 0 Å². The predicted octanol–water partition coefficient (Wildman–Crippen LogP) is 5.02. The van der Waals surface area contributed by atoms with Crippen LogP contribution < -0.4 is 10.1 Å². The van der Waals surface area contributed by atoms with Crippen molar-refractivity contribution in [2.45, 2.75) is 72.0 Å². The molecule has 0 aromatic heterocycles. The molecule has 0 spiro atoms. The van der Waals surface area contributed by atoms with E-state index in [0.717, 1.165) is 16.9 Å². The van der Waals surface area contributed by atoms with E-state index in [1.54, 1.807) is 17.0 Å². The van der Waals surface area contributed by atoms with Gasteiger partial charge in [-0.2, -0.15) is 0 Å². The van der Waals surface area contributed by atoms with Crippen LogP contribution in [0.5, 0.6) is 5.75 Å². The van der Waals surface area contributed by atoms with Crippen LogP contribution in [-0.4, -0.2) is 34.9 Å². The van der Waals surface area contributed by atoms with E-state index in [-0.39, 0.29) is 30.6 Å². The number of carbonyl (C=O) groups is 2. The summed E-state index contributed by atoms with van der Waals surface area (Å²) in [6.07, 6.45) is 1.27. The van der Waals surface area contributed by atoms with Gasteiger partial charge in [-0.1, -0.05) is 36.8 Å². The number of halogens is 1. The van der Waals surface area contributed by atoms with Crippen LogP contribution in [0.2, 0.25) is 0 Å². The molecular weight excluding hydrogens is 407 g/mol. The first-order chi connectivity index (χ1) is 15.1. The zero-order chi connectivity index (χ0) is 23.7. The van der Waals surface area contributed by atoms with Crippen molar-refractivity contribution < 1.29 is 18.7 Å². The molecule has 32 heavy (non-hydrogen) atoms. The second kappa shape index (κ2) is 11.7. The molecule has 0 aliphatic carbocycles. The molecule has 1 N–H and O–H groups in total. The molecule has 0 radical (unpaired) electrons. The summed E-state index contributed by atoms with van der Waals surface area (Å²) in [7, 11) is 0. The van der Waals surface area contributed by atoms with Gasteiger partial charge in [0.1, 0.15) is 17.6 Å². The maximum Gasteiger partial charge on any atom is 0.243 e. The average Bonchev–Trinajstić information content (AvgIpc) is 2.72. The zero-order valence-electron chi connectivity index (χ0n) is 19.8. The molecular formula is C26H35FN2O3. The monoisotopic (exact) mass is 442 g/mol. The molecule has 0 saturated carbocycles. The maximum absolute atomic E-state index is 13.3. The minimum absolute atomic E-state index is 0.127. The second-order valence-corrected chi connectivity index (χ2v) is 9.08. The second-order valence-electron chi connectivity index (χ2n) is 9.08. The third kappa shape index (κ3) is 8.33. The number of nitrogens with zero attached hydrogens (tertiary/aromatic N) is 1. The molecule has 0 heterocycles. The third-order valence-electron chi connectivity index (χ3n) is 4.97. The van der Waals surface area contributed by atoms with E-state index in [9.17, 15) is 14.0 Å². The van der Waals surface area contributed by atoms with Crippen molar-refractivity contribution in [3.63, 3.8) is 0 Å². The smallest absolute Gasteiger partial charge is 0.243 e. The lowest BCUT2D eigenvalue weighted by molar-refractivity contribution is -0.142. The van der Waals surface area contributed by atoms with Crippen LogP contribution >= 0.6 is 0 Å². The van der Waals surface area contributed by atoms with Crippen molar-refractivity contribution >= 4 is 11.8 Å². The lowest BCUT2D eigenvalue weighted by atomic mass is 10.0. The molecule has 0 saturated heterocycles. The first-order valence-electron chi connectivity index (χ1n) is 11.1. The molecule has 0 aliphatic heterocycles. The molecule has 2 aromatic rings. The molecule has 0 fully saturated rings. The van der Waals surface area contributed by atoms with E-state index >= 15 is 0 Å². The Balaban J connectivity index is 2.07. The number of ether oxygens (including phenoxy) is 1. The van der Waals surface area contributed by atoms with Crippen molar-refractivity contribution in [2.24, 2.45) is 0 Å². The number of nitrogens with one attached hydrogen (secondary N) is 1. The van der Waals surface area contributed by atoms with Crippen LogP contribution in [0, 0.1) is 12.7 Å². The van der Waals surface area contributed by atoms with Gasteiger partial charge in [0.2, 0.25) is 11.8 Å². The van der Waals surface area contributed by atoms with E-state index in [0.29, 0.717) is 19.4 Å². The van der Waals surface area contributed by atoms with Crippen LogP contribution in [0.1, 0.15) is 58.1 Å². The minimum atomic E-state index is -0.607. The molecule has 0 unspecified atom stereocenters. The Bertz CT molecular complexity index is 873. The van der Waals surface area contributed by atoms with E-state index < -0.39 is 11.6 Å². The molecule has 5 nitrogen and oxygen atoms in total. The topological polar surface area (TPSA) is 58.6 Å². The highest BCUT2D eigenvalue weighted by Gasteiger charge is 2.30. The van der Waals surface area contributed by atoms with E-state index in [4.69, 9.17) is 4.74 Å². The summed E-state index contributed by atoms with van der Waals surface area (Å²) in [6.45, 7) is 10.3. The number of carbonyl (C=O) groups excluding carboxylic acids is 2. The quantitative estimate of drug-likeness (QED) is 0.526. The van der Waals surface area contributed by atoms with Gasteiger partial charge in [-0.05, 0) is 70.4 Å². The number of amides is 2. The Morgan fingerprint density at radius 2 is 1.69 bits per heavy atom. The molecule has 1 atom stereocenters. The number of rotatable bonds is 10. The van der Waals surface area contributed by atoms with Crippen molar-refractivity contribution in [3.05, 3.63) is 65.5 Å². The standard InChI is InChI=1S/C26H35FN2O3/c1-6-23(25(31)28-26(3,4)5)29(18-20-11-13-21(27)14-12-20)24(30)8-7-17-32-22-15-9-19(2)10-16-22/h9-16,23H,6-8,17-18H2,1-5H3,(H,28,31)/t23-/m1/s1. The van der Waals surface area contributed by atoms with Crippen LogP contribution in [0.15, 0.2) is 48.5 Å². The van der Waals surface area contributed by atoms with Crippen LogP contribution in [-0.2, 0) is 16.1 Å². The predicted molar refractivity (Wildman–Crippen MR) is 125 cm³/mol. The summed E-state index contributed by atoms with van der Waals surface area (Å²) in [5.41, 5.74) is 1.53. The van der Waals surface area contributed by atoms with E-state index in [2.05, 4.69) is 5.32 Å². The van der Waals surface area contributed by atoms with Gasteiger partial charge in [-0.15, -0.1) is 0 Å². The van der Waals surface area contributed by atoms with Crippen LogP contribution in [0.25, 0.3) is 0 Å². The first-order valence-corrected chi connectivity index (χ1v) is 11.1. The Morgan fingerprint density at radius 1 is 1.06 bits per heavy atom. The highest BCUT2D eigenvalue weighted by atomic mass is 19.1. The molecule has 2 rings (SSSR count). The highest BCUT2D eigenvalue weighted by molar-refractivity contribution is 5.88. The Labute approximate surface area is 191 Å². The summed E-state index contributed by atoms with van der Waals surface area (Å²) in [5, 5.41) is 2.98. The Hall–Kier alpha value is -2.89. The lowest BCUT2D eigenvalue weighted by Crippen LogP contribution is -2.53. The molecule has 174 valence electrons. The fourth-order valence-electron chi connectivity index (χ4n) is 3.35. The molecule has 2 amide bonds. The summed E-state index contributed by atoms with van der Waals surface area (Å²) < 4.78 is 19.1. The minimum Gasteiger partial charge on any atom is -0.494 e. The van der Waals surface area contributed by atoms with Crippen molar-refractivity contribution in [3.8, 4) is 5.75 Å². The first kappa shape index (κ1) is 25.4. The van der Waals surface area contributed by atoms with E-state index in [1.807, 2.05) is 58.9 Å². The van der Waals surface area contributed by atoms with Gasteiger partial charge in [0.25, 0.3) is 0 Å². The average molecular weight is 443 g/mol. The summed E-state index contributed by atoms with van der Waals surface area (Å²) in [6, 6.07) is 13.2. The molecule has 0 aliphatic rings. The zero-order valence-corrected chi connectivity index (χ0v) is 19.8. The summed E-state index contributed by atoms with van der Waals surface area (Å²) >= 11 is 0. The van der Waals surface area contributed by atoms with Gasteiger partial charge in [-0.25, -0.2) is 4.39 Å². The number of aryl methyl sites for hydroxylation is 1. The Morgan fingerprint density at radius 3 is 2.25 bits per heavy atom. The molecule has 2 aromatic carbocycles. The molecule has 0 bridgehead atoms. The van der Waals surface area contributed by atoms with Gasteiger partial charge in [-0.3, -0.25) is 9.59 Å². The van der Waals surface area contributed by atoms with Crippen LogP contribution in [0.3, 0.4) is 0 Å². The van der Waals surface area contributed by atoms with Gasteiger partial charge >= 0.3 is 0 Å². The number of hydrogen-bond acceptors (Lipinski definition) is 3. The lowest BCUT2D eigenvalue weighted by Gasteiger charge is -2.33. The highest BCUT2D eigenvalue weighted by Crippen LogP contribution is 2.17. The Kier molecular flexibility index (Phi) is 9.24. The van der Waals surface area contributed by atoms with Crippen molar-refractivity contribution in [1.82, 2.24) is 10.2 Å².